The van der Waals surface area contributed by atoms with E-state index in [1.807, 2.05) is 19.9 Å². The van der Waals surface area contributed by atoms with Crippen LogP contribution in [0.15, 0.2) is 35.6 Å². The third-order valence-corrected chi connectivity index (χ3v) is 6.69. The Labute approximate surface area is 194 Å². The summed E-state index contributed by atoms with van der Waals surface area (Å²) in [7, 11) is 0. The van der Waals surface area contributed by atoms with Crippen molar-refractivity contribution in [3.05, 3.63) is 41.2 Å². The molecule has 3 aromatic rings. The van der Waals surface area contributed by atoms with E-state index in [9.17, 15) is 20.1 Å². The Balaban J connectivity index is 1.75. The predicted molar refractivity (Wildman–Crippen MR) is 125 cm³/mol. The zero-order valence-corrected chi connectivity index (χ0v) is 19.3. The van der Waals surface area contributed by atoms with Crippen molar-refractivity contribution in [3.8, 4) is 10.4 Å². The summed E-state index contributed by atoms with van der Waals surface area (Å²) in [6.07, 6.45) is 1.66. The van der Waals surface area contributed by atoms with Crippen LogP contribution in [0, 0.1) is 0 Å². The van der Waals surface area contributed by atoms with Crippen molar-refractivity contribution < 1.29 is 24.9 Å². The van der Waals surface area contributed by atoms with Gasteiger partial charge >= 0.3 is 0 Å². The summed E-state index contributed by atoms with van der Waals surface area (Å²) in [5.41, 5.74) is 7.17. The zero-order valence-electron chi connectivity index (χ0n) is 18.5. The molecule has 0 radical (unpaired) electrons. The first-order valence-electron chi connectivity index (χ1n) is 10.4. The number of nitrogens with zero attached hydrogens (tertiary/aromatic N) is 3. The third kappa shape index (κ3) is 4.13. The Hall–Kier alpha value is -2.83. The average molecular weight is 474 g/mol. The van der Waals surface area contributed by atoms with Crippen LogP contribution >= 0.6 is 11.3 Å². The first-order chi connectivity index (χ1) is 15.6. The molecular formula is C22H27N5O5S. The third-order valence-electron chi connectivity index (χ3n) is 5.73. The van der Waals surface area contributed by atoms with E-state index >= 15 is 0 Å². The molecule has 0 aliphatic carbocycles. The molecule has 0 aromatic carbocycles. The van der Waals surface area contributed by atoms with Gasteiger partial charge in [-0.2, -0.15) is 0 Å². The fraction of sp³-hybridized carbons (Fsp3) is 0.409. The number of ether oxygens (including phenoxy) is 1. The minimum atomic E-state index is -1.69. The highest BCUT2D eigenvalue weighted by Gasteiger charge is 2.53. The molecule has 11 heteroatoms. The number of nitrogens with two attached hydrogens (primary N) is 1. The molecular weight excluding hydrogens is 446 g/mol. The quantitative estimate of drug-likeness (QED) is 0.337. The number of hydrogen-bond donors (Lipinski definition) is 5. The van der Waals surface area contributed by atoms with Crippen LogP contribution in [0.4, 0.5) is 5.82 Å². The number of amides is 1. The average Bonchev–Trinajstić information content (AvgIpc) is 3.44. The number of nitrogens with one attached hydrogen (secondary N) is 1. The summed E-state index contributed by atoms with van der Waals surface area (Å²) in [5, 5.41) is 36.0. The van der Waals surface area contributed by atoms with Crippen LogP contribution < -0.4 is 11.1 Å². The van der Waals surface area contributed by atoms with Gasteiger partial charge in [0.15, 0.2) is 6.23 Å². The van der Waals surface area contributed by atoms with Gasteiger partial charge in [0.25, 0.3) is 5.91 Å². The van der Waals surface area contributed by atoms with Crippen molar-refractivity contribution in [2.24, 2.45) is 0 Å². The minimum Gasteiger partial charge on any atom is -0.394 e. The summed E-state index contributed by atoms with van der Waals surface area (Å²) < 4.78 is 7.35. The van der Waals surface area contributed by atoms with Crippen LogP contribution in [0.25, 0.3) is 21.5 Å². The van der Waals surface area contributed by atoms with Crippen molar-refractivity contribution in [1.82, 2.24) is 19.9 Å². The Morgan fingerprint density at radius 1 is 1.42 bits per heavy atom. The Bertz CT molecular complexity index is 1210. The molecule has 1 amide bonds. The molecule has 1 aliphatic rings. The van der Waals surface area contributed by atoms with Gasteiger partial charge in [-0.1, -0.05) is 11.6 Å². The minimum absolute atomic E-state index is 0.195. The van der Waals surface area contributed by atoms with Crippen LogP contribution in [0.5, 0.6) is 0 Å². The first-order valence-corrected chi connectivity index (χ1v) is 11.3. The number of allylic oxidation sites excluding steroid dienone is 1. The van der Waals surface area contributed by atoms with Crippen LogP contribution in [0.1, 0.15) is 37.4 Å². The number of carbonyl (C=O) groups is 1. The lowest BCUT2D eigenvalue weighted by atomic mass is 9.96. The smallest absolute Gasteiger partial charge is 0.252 e. The highest BCUT2D eigenvalue weighted by molar-refractivity contribution is 7.14. The molecule has 0 spiro atoms. The fourth-order valence-corrected chi connectivity index (χ4v) is 4.82. The second kappa shape index (κ2) is 8.84. The van der Waals surface area contributed by atoms with E-state index in [0.29, 0.717) is 28.7 Å². The van der Waals surface area contributed by atoms with Gasteiger partial charge in [-0.3, -0.25) is 4.79 Å². The molecule has 1 saturated heterocycles. The highest BCUT2D eigenvalue weighted by atomic mass is 32.1. The van der Waals surface area contributed by atoms with Gasteiger partial charge in [0.2, 0.25) is 0 Å². The zero-order chi connectivity index (χ0) is 23.9. The van der Waals surface area contributed by atoms with Crippen molar-refractivity contribution >= 4 is 34.1 Å². The molecule has 0 saturated carbocycles. The molecule has 6 N–H and O–H groups in total. The SMILES string of the molecule is CC(C)=CCNC(=O)c1csc(-c2cn(C3OC(CO)C(O)C3(C)O)c3ncnc(N)c23)c1. The van der Waals surface area contributed by atoms with Gasteiger partial charge in [-0.25, -0.2) is 9.97 Å². The molecule has 1 fully saturated rings. The lowest BCUT2D eigenvalue weighted by Gasteiger charge is -2.27. The van der Waals surface area contributed by atoms with Crippen molar-refractivity contribution in [3.63, 3.8) is 0 Å². The lowest BCUT2D eigenvalue weighted by molar-refractivity contribution is -0.0948. The molecule has 33 heavy (non-hydrogen) atoms. The number of fused-ring (bicyclic) bond motifs is 1. The molecule has 0 bridgehead atoms. The van der Waals surface area contributed by atoms with Crippen LogP contribution in [0.3, 0.4) is 0 Å². The number of thiophene rings is 1. The summed E-state index contributed by atoms with van der Waals surface area (Å²) >= 11 is 1.36. The number of carbonyl (C=O) groups excluding carboxylic acids is 1. The van der Waals surface area contributed by atoms with Crippen LogP contribution in [-0.4, -0.2) is 66.7 Å². The normalized spacial score (nSPS) is 24.8. The predicted octanol–water partition coefficient (Wildman–Crippen LogP) is 1.44. The maximum atomic E-state index is 12.5. The number of aliphatic hydroxyl groups excluding tert-OH is 2. The van der Waals surface area contributed by atoms with E-state index in [1.165, 1.54) is 24.6 Å². The van der Waals surface area contributed by atoms with E-state index in [1.54, 1.807) is 22.2 Å². The largest absolute Gasteiger partial charge is 0.394 e. The van der Waals surface area contributed by atoms with E-state index in [0.717, 1.165) is 10.5 Å². The van der Waals surface area contributed by atoms with E-state index < -0.39 is 30.6 Å². The van der Waals surface area contributed by atoms with E-state index in [4.69, 9.17) is 10.5 Å². The topological polar surface area (TPSA) is 156 Å². The summed E-state index contributed by atoms with van der Waals surface area (Å²) in [6.45, 7) is 5.35. The summed E-state index contributed by atoms with van der Waals surface area (Å²) in [4.78, 5) is 21.7. The van der Waals surface area contributed by atoms with Gasteiger partial charge in [-0.05, 0) is 26.8 Å². The van der Waals surface area contributed by atoms with E-state index in [-0.39, 0.29) is 11.7 Å². The van der Waals surface area contributed by atoms with Gasteiger partial charge in [0.1, 0.15) is 35.6 Å². The highest BCUT2D eigenvalue weighted by Crippen LogP contribution is 2.43. The molecule has 4 unspecified atom stereocenters. The molecule has 10 nitrogen and oxygen atoms in total. The monoisotopic (exact) mass is 473 g/mol. The Kier molecular flexibility index (Phi) is 6.25. The summed E-state index contributed by atoms with van der Waals surface area (Å²) in [5.74, 6) is 0.0348. The second-order valence-corrected chi connectivity index (χ2v) is 9.39. The molecule has 4 heterocycles. The van der Waals surface area contributed by atoms with Crippen molar-refractivity contribution in [2.75, 3.05) is 18.9 Å². The number of rotatable bonds is 6. The number of anilines is 1. The standard InChI is InChI=1S/C22H27N5O5S/c1-11(2)4-5-24-20(30)12-6-15(33-9-12)13-7-27(19-16(13)18(23)25-10-26-19)21-22(3,31)17(29)14(8-28)32-21/h4,6-7,9-10,14,17,21,28-29,31H,5,8H2,1-3H3,(H,24,30)(H2,23,25,26). The van der Waals surface area contributed by atoms with Crippen molar-refractivity contribution in [2.45, 2.75) is 44.8 Å². The maximum absolute atomic E-state index is 12.5. The number of aromatic nitrogens is 3. The van der Waals surface area contributed by atoms with Crippen LogP contribution in [-0.2, 0) is 4.74 Å². The van der Waals surface area contributed by atoms with Gasteiger partial charge < -0.3 is 35.7 Å². The summed E-state index contributed by atoms with van der Waals surface area (Å²) in [6, 6.07) is 1.76. The molecule has 3 aromatic heterocycles. The van der Waals surface area contributed by atoms with E-state index in [2.05, 4.69) is 15.3 Å². The van der Waals surface area contributed by atoms with Crippen LogP contribution in [0.2, 0.25) is 0 Å². The number of nitrogen functional groups attached to an aromatic ring is 1. The number of hydrogen-bond acceptors (Lipinski definition) is 9. The maximum Gasteiger partial charge on any atom is 0.252 e. The fourth-order valence-electron chi connectivity index (χ4n) is 3.91. The Morgan fingerprint density at radius 3 is 2.85 bits per heavy atom. The molecule has 4 atom stereocenters. The van der Waals surface area contributed by atoms with Gasteiger partial charge in [0, 0.05) is 28.6 Å². The van der Waals surface area contributed by atoms with Crippen molar-refractivity contribution in [1.29, 1.82) is 0 Å². The molecule has 176 valence electrons. The number of aliphatic hydroxyl groups is 3. The Morgan fingerprint density at radius 2 is 2.18 bits per heavy atom. The molecule has 4 rings (SSSR count). The second-order valence-electron chi connectivity index (χ2n) is 8.48. The van der Waals surface area contributed by atoms with Gasteiger partial charge in [0.05, 0.1) is 17.6 Å². The van der Waals surface area contributed by atoms with Gasteiger partial charge in [-0.15, -0.1) is 11.3 Å². The molecule has 1 aliphatic heterocycles. The lowest BCUT2D eigenvalue weighted by Crippen LogP contribution is -2.44. The first kappa shape index (κ1) is 23.3.